The van der Waals surface area contributed by atoms with Crippen molar-refractivity contribution in [1.82, 2.24) is 5.43 Å². The van der Waals surface area contributed by atoms with Gasteiger partial charge in [-0.1, -0.05) is 24.3 Å². The van der Waals surface area contributed by atoms with Crippen molar-refractivity contribution >= 4 is 23.5 Å². The highest BCUT2D eigenvalue weighted by Crippen LogP contribution is 2.29. The Kier molecular flexibility index (Phi) is 5.75. The van der Waals surface area contributed by atoms with Gasteiger partial charge in [-0.2, -0.15) is 18.3 Å². The summed E-state index contributed by atoms with van der Waals surface area (Å²) in [7, 11) is 0. The number of para-hydroxylation sites is 1. The van der Waals surface area contributed by atoms with Crippen LogP contribution in [0.4, 0.5) is 13.2 Å². The monoisotopic (exact) mass is 353 g/mol. The second-order valence-corrected chi connectivity index (χ2v) is 5.20. The SMILES string of the molecule is NC(=S)NN=Cc1ccccc1OCc1cccc(C(F)(F)F)c1. The minimum Gasteiger partial charge on any atom is -0.488 e. The molecule has 0 aromatic heterocycles. The van der Waals surface area contributed by atoms with Gasteiger partial charge >= 0.3 is 6.18 Å². The Morgan fingerprint density at radius 2 is 1.96 bits per heavy atom. The van der Waals surface area contributed by atoms with E-state index in [1.807, 2.05) is 0 Å². The first-order chi connectivity index (χ1) is 11.4. The van der Waals surface area contributed by atoms with E-state index in [1.54, 1.807) is 30.3 Å². The lowest BCUT2D eigenvalue weighted by atomic mass is 10.1. The van der Waals surface area contributed by atoms with Gasteiger partial charge in [0.15, 0.2) is 5.11 Å². The number of nitrogens with zero attached hydrogens (tertiary/aromatic N) is 1. The zero-order chi connectivity index (χ0) is 17.6. The van der Waals surface area contributed by atoms with Crippen LogP contribution in [-0.2, 0) is 12.8 Å². The number of rotatable bonds is 5. The Balaban J connectivity index is 2.10. The summed E-state index contributed by atoms with van der Waals surface area (Å²) in [5, 5.41) is 3.86. The van der Waals surface area contributed by atoms with Crippen LogP contribution >= 0.6 is 12.2 Å². The lowest BCUT2D eigenvalue weighted by Crippen LogP contribution is -2.24. The van der Waals surface area contributed by atoms with E-state index in [9.17, 15) is 13.2 Å². The van der Waals surface area contributed by atoms with Crippen LogP contribution in [0.1, 0.15) is 16.7 Å². The zero-order valence-electron chi connectivity index (χ0n) is 12.4. The average Bonchev–Trinajstić information content (AvgIpc) is 2.53. The molecular weight excluding hydrogens is 339 g/mol. The lowest BCUT2D eigenvalue weighted by molar-refractivity contribution is -0.137. The highest BCUT2D eigenvalue weighted by Gasteiger charge is 2.30. The molecule has 0 spiro atoms. The Morgan fingerprint density at radius 1 is 1.21 bits per heavy atom. The van der Waals surface area contributed by atoms with E-state index in [1.165, 1.54) is 12.3 Å². The predicted molar refractivity (Wildman–Crippen MR) is 89.7 cm³/mol. The molecule has 0 radical (unpaired) electrons. The molecule has 24 heavy (non-hydrogen) atoms. The molecule has 0 saturated heterocycles. The van der Waals surface area contributed by atoms with Crippen molar-refractivity contribution in [3.63, 3.8) is 0 Å². The first-order valence-corrected chi connectivity index (χ1v) is 7.23. The summed E-state index contributed by atoms with van der Waals surface area (Å²) in [6.07, 6.45) is -2.92. The highest BCUT2D eigenvalue weighted by atomic mass is 32.1. The number of hydrogen-bond acceptors (Lipinski definition) is 3. The molecule has 8 heteroatoms. The maximum atomic E-state index is 12.7. The third kappa shape index (κ3) is 5.24. The molecule has 3 N–H and O–H groups in total. The molecular formula is C16H14F3N3OS. The molecule has 0 heterocycles. The van der Waals surface area contributed by atoms with Crippen LogP contribution < -0.4 is 15.9 Å². The largest absolute Gasteiger partial charge is 0.488 e. The molecule has 0 atom stereocenters. The Morgan fingerprint density at radius 3 is 2.67 bits per heavy atom. The molecule has 0 saturated carbocycles. The van der Waals surface area contributed by atoms with Gasteiger partial charge in [0.25, 0.3) is 0 Å². The first-order valence-electron chi connectivity index (χ1n) is 6.83. The maximum Gasteiger partial charge on any atom is 0.416 e. The van der Waals surface area contributed by atoms with E-state index in [-0.39, 0.29) is 11.7 Å². The van der Waals surface area contributed by atoms with E-state index in [4.69, 9.17) is 10.5 Å². The quantitative estimate of drug-likeness (QED) is 0.491. The molecule has 0 amide bonds. The number of alkyl halides is 3. The minimum absolute atomic E-state index is 0.00248. The molecule has 0 aliphatic rings. The molecule has 0 aliphatic heterocycles. The van der Waals surface area contributed by atoms with Crippen LogP contribution in [0.15, 0.2) is 53.6 Å². The molecule has 2 rings (SSSR count). The Bertz CT molecular complexity index is 747. The van der Waals surface area contributed by atoms with Gasteiger partial charge in [-0.25, -0.2) is 0 Å². The van der Waals surface area contributed by atoms with E-state index in [2.05, 4.69) is 22.7 Å². The fourth-order valence-electron chi connectivity index (χ4n) is 1.88. The van der Waals surface area contributed by atoms with Crippen LogP contribution in [-0.4, -0.2) is 11.3 Å². The van der Waals surface area contributed by atoms with Crippen LogP contribution in [0.2, 0.25) is 0 Å². The van der Waals surface area contributed by atoms with Gasteiger partial charge in [0.05, 0.1) is 11.8 Å². The molecule has 2 aromatic rings. The van der Waals surface area contributed by atoms with E-state index >= 15 is 0 Å². The third-order valence-corrected chi connectivity index (χ3v) is 3.04. The number of hydrazone groups is 1. The van der Waals surface area contributed by atoms with Gasteiger partial charge in [-0.05, 0) is 42.0 Å². The summed E-state index contributed by atoms with van der Waals surface area (Å²) in [6, 6.07) is 12.0. The van der Waals surface area contributed by atoms with Gasteiger partial charge < -0.3 is 10.5 Å². The van der Waals surface area contributed by atoms with Crippen LogP contribution in [0.5, 0.6) is 5.75 Å². The van der Waals surface area contributed by atoms with Crippen molar-refractivity contribution < 1.29 is 17.9 Å². The number of nitrogens with two attached hydrogens (primary N) is 1. The van der Waals surface area contributed by atoms with Crippen molar-refractivity contribution in [3.8, 4) is 5.75 Å². The number of halogens is 3. The zero-order valence-corrected chi connectivity index (χ0v) is 13.2. The summed E-state index contributed by atoms with van der Waals surface area (Å²) in [4.78, 5) is 0. The Labute approximate surface area is 142 Å². The summed E-state index contributed by atoms with van der Waals surface area (Å²) in [5.74, 6) is 0.475. The second-order valence-electron chi connectivity index (χ2n) is 4.76. The highest BCUT2D eigenvalue weighted by molar-refractivity contribution is 7.80. The third-order valence-electron chi connectivity index (χ3n) is 2.95. The van der Waals surface area contributed by atoms with Crippen LogP contribution in [0.25, 0.3) is 0 Å². The normalized spacial score (nSPS) is 11.5. The van der Waals surface area contributed by atoms with Crippen molar-refractivity contribution in [2.45, 2.75) is 12.8 Å². The van der Waals surface area contributed by atoms with E-state index < -0.39 is 11.7 Å². The van der Waals surface area contributed by atoms with Crippen molar-refractivity contribution in [3.05, 3.63) is 65.2 Å². The van der Waals surface area contributed by atoms with E-state index in [0.717, 1.165) is 12.1 Å². The fourth-order valence-corrected chi connectivity index (χ4v) is 1.94. The number of thiocarbonyl (C=S) groups is 1. The molecule has 0 fully saturated rings. The average molecular weight is 353 g/mol. The van der Waals surface area contributed by atoms with Gasteiger partial charge in [0.1, 0.15) is 12.4 Å². The molecule has 2 aromatic carbocycles. The summed E-state index contributed by atoms with van der Waals surface area (Å²) < 4.78 is 43.7. The summed E-state index contributed by atoms with van der Waals surface area (Å²) in [5.41, 5.74) is 8.02. The Hall–Kier alpha value is -2.61. The molecule has 126 valence electrons. The minimum atomic E-state index is -4.38. The van der Waals surface area contributed by atoms with Gasteiger partial charge in [0.2, 0.25) is 0 Å². The van der Waals surface area contributed by atoms with Crippen LogP contribution in [0, 0.1) is 0 Å². The standard InChI is InChI=1S/C16H14F3N3OS/c17-16(18,19)13-6-3-4-11(8-13)10-23-14-7-2-1-5-12(14)9-21-22-15(20)24/h1-9H,10H2,(H3,20,22,24). The van der Waals surface area contributed by atoms with Gasteiger partial charge in [-0.3, -0.25) is 5.43 Å². The number of hydrogen-bond donors (Lipinski definition) is 2. The van der Waals surface area contributed by atoms with Gasteiger partial charge in [0, 0.05) is 5.56 Å². The van der Waals surface area contributed by atoms with Crippen LogP contribution in [0.3, 0.4) is 0 Å². The first kappa shape index (κ1) is 17.7. The number of benzene rings is 2. The molecule has 0 aliphatic carbocycles. The second kappa shape index (κ2) is 7.78. The van der Waals surface area contributed by atoms with Crippen molar-refractivity contribution in [2.75, 3.05) is 0 Å². The summed E-state index contributed by atoms with van der Waals surface area (Å²) in [6.45, 7) is -0.00248. The molecule has 4 nitrogen and oxygen atoms in total. The smallest absolute Gasteiger partial charge is 0.416 e. The molecule has 0 unspecified atom stereocenters. The van der Waals surface area contributed by atoms with Crippen molar-refractivity contribution in [1.29, 1.82) is 0 Å². The van der Waals surface area contributed by atoms with E-state index in [0.29, 0.717) is 16.9 Å². The fraction of sp³-hybridized carbons (Fsp3) is 0.125. The lowest BCUT2D eigenvalue weighted by Gasteiger charge is -2.11. The van der Waals surface area contributed by atoms with Crippen molar-refractivity contribution in [2.24, 2.45) is 10.8 Å². The number of ether oxygens (including phenoxy) is 1. The topological polar surface area (TPSA) is 59.6 Å². The summed E-state index contributed by atoms with van der Waals surface area (Å²) >= 11 is 4.63. The number of nitrogens with one attached hydrogen (secondary N) is 1. The molecule has 0 bridgehead atoms. The predicted octanol–water partition coefficient (Wildman–Crippen LogP) is 3.45. The van der Waals surface area contributed by atoms with Gasteiger partial charge in [-0.15, -0.1) is 0 Å². The maximum absolute atomic E-state index is 12.7.